The highest BCUT2D eigenvalue weighted by Gasteiger charge is 2.48. The predicted molar refractivity (Wildman–Crippen MR) is 99.5 cm³/mol. The number of aliphatic imine (C=N–C) groups is 1. The number of rotatable bonds is 4. The maximum Gasteiger partial charge on any atom is 0.159 e. The first-order chi connectivity index (χ1) is 10.7. The van der Waals surface area contributed by atoms with Crippen molar-refractivity contribution in [2.45, 2.75) is 55.6 Å². The van der Waals surface area contributed by atoms with E-state index in [0.717, 1.165) is 37.8 Å². The zero-order valence-corrected chi connectivity index (χ0v) is 16.0. The van der Waals surface area contributed by atoms with Crippen LogP contribution in [0.2, 0.25) is 0 Å². The summed E-state index contributed by atoms with van der Waals surface area (Å²) >= 11 is 1.49. The van der Waals surface area contributed by atoms with E-state index < -0.39 is 24.4 Å². The molecule has 3 aliphatic rings. The molecule has 142 valence electrons. The van der Waals surface area contributed by atoms with Crippen LogP contribution in [0.4, 0.5) is 0 Å². The molecule has 0 spiro atoms. The van der Waals surface area contributed by atoms with Crippen molar-refractivity contribution in [3.8, 4) is 0 Å². The number of nitrogens with zero attached hydrogens (tertiary/aromatic N) is 1. The molecule has 0 saturated carbocycles. The van der Waals surface area contributed by atoms with E-state index in [1.807, 2.05) is 6.92 Å². The van der Waals surface area contributed by atoms with Crippen molar-refractivity contribution in [3.05, 3.63) is 0 Å². The van der Waals surface area contributed by atoms with Crippen LogP contribution in [-0.2, 0) is 9.47 Å². The highest BCUT2D eigenvalue weighted by Crippen LogP contribution is 2.35. The first kappa shape index (κ1) is 22.2. The Labute approximate surface area is 159 Å². The Bertz CT molecular complexity index is 415. The van der Waals surface area contributed by atoms with Gasteiger partial charge in [-0.25, -0.2) is 0 Å². The van der Waals surface area contributed by atoms with Gasteiger partial charge in [-0.05, 0) is 19.8 Å². The zero-order valence-electron chi connectivity index (χ0n) is 13.6. The standard InChI is InChI=1S/C14H25N3O4S.2ClH/c1-2-15-14-17-10-12(19)11(18)9(21-13(10)22-14)7-16-8-3-5-20-6-4-8;;/h8-13,16,18-19H,2-7H2,1H3,(H,15,17);2*1H/t9-,10-,11-,12-,13-;;/m1../s1. The number of hydrogen-bond donors (Lipinski definition) is 4. The van der Waals surface area contributed by atoms with E-state index >= 15 is 0 Å². The summed E-state index contributed by atoms with van der Waals surface area (Å²) in [4.78, 5) is 4.41. The first-order valence-electron chi connectivity index (χ1n) is 8.00. The fraction of sp³-hybridized carbons (Fsp3) is 0.929. The first-order valence-corrected chi connectivity index (χ1v) is 8.88. The quantitative estimate of drug-likeness (QED) is 0.529. The topological polar surface area (TPSA) is 95.3 Å². The lowest BCUT2D eigenvalue weighted by Crippen LogP contribution is -2.58. The number of amidine groups is 1. The summed E-state index contributed by atoms with van der Waals surface area (Å²) in [6, 6.07) is -0.00222. The molecule has 2 saturated heterocycles. The molecule has 7 nitrogen and oxygen atoms in total. The van der Waals surface area contributed by atoms with Crippen molar-refractivity contribution in [2.75, 3.05) is 26.3 Å². The minimum absolute atomic E-state index is 0. The number of nitrogens with one attached hydrogen (secondary N) is 2. The molecule has 0 unspecified atom stereocenters. The van der Waals surface area contributed by atoms with E-state index in [1.165, 1.54) is 11.8 Å². The van der Waals surface area contributed by atoms with Crippen LogP contribution in [0.1, 0.15) is 19.8 Å². The van der Waals surface area contributed by atoms with Crippen molar-refractivity contribution >= 4 is 41.7 Å². The van der Waals surface area contributed by atoms with Crippen LogP contribution in [0, 0.1) is 0 Å². The molecule has 2 fully saturated rings. The molecule has 0 aromatic carbocycles. The van der Waals surface area contributed by atoms with Gasteiger partial charge in [-0.15, -0.1) is 24.8 Å². The normalized spacial score (nSPS) is 36.1. The minimum Gasteiger partial charge on any atom is -0.388 e. The summed E-state index contributed by atoms with van der Waals surface area (Å²) in [5.41, 5.74) is -0.228. The average molecular weight is 404 g/mol. The van der Waals surface area contributed by atoms with Gasteiger partial charge >= 0.3 is 0 Å². The highest BCUT2D eigenvalue weighted by molar-refractivity contribution is 8.14. The monoisotopic (exact) mass is 403 g/mol. The molecule has 0 radical (unpaired) electrons. The average Bonchev–Trinajstić information content (AvgIpc) is 2.94. The Morgan fingerprint density at radius 3 is 2.58 bits per heavy atom. The third-order valence-electron chi connectivity index (χ3n) is 4.32. The maximum atomic E-state index is 10.3. The molecule has 0 aromatic heterocycles. The third kappa shape index (κ3) is 5.11. The number of hydrogen-bond acceptors (Lipinski definition) is 8. The minimum atomic E-state index is -0.918. The van der Waals surface area contributed by atoms with Crippen molar-refractivity contribution in [1.29, 1.82) is 0 Å². The summed E-state index contributed by atoms with van der Waals surface area (Å²) in [5.74, 6) is 0. The fourth-order valence-corrected chi connectivity index (χ4v) is 4.21. The van der Waals surface area contributed by atoms with Gasteiger partial charge in [-0.1, -0.05) is 11.8 Å². The maximum absolute atomic E-state index is 10.3. The number of thioether (sulfide) groups is 1. The lowest BCUT2D eigenvalue weighted by atomic mass is 9.97. The van der Waals surface area contributed by atoms with Crippen LogP contribution in [0.3, 0.4) is 0 Å². The van der Waals surface area contributed by atoms with Gasteiger partial charge in [-0.2, -0.15) is 0 Å². The molecule has 0 amide bonds. The predicted octanol–water partition coefficient (Wildman–Crippen LogP) is 0.126. The van der Waals surface area contributed by atoms with Gasteiger partial charge in [0.15, 0.2) is 5.17 Å². The zero-order chi connectivity index (χ0) is 15.5. The number of aliphatic hydroxyl groups excluding tert-OH is 2. The second-order valence-corrected chi connectivity index (χ2v) is 6.98. The lowest BCUT2D eigenvalue weighted by Gasteiger charge is -2.39. The molecule has 0 bridgehead atoms. The van der Waals surface area contributed by atoms with Crippen LogP contribution in [-0.4, -0.2) is 77.5 Å². The van der Waals surface area contributed by atoms with Gasteiger partial charge in [0.1, 0.15) is 29.8 Å². The molecule has 3 aliphatic heterocycles. The number of halogens is 2. The Morgan fingerprint density at radius 2 is 1.92 bits per heavy atom. The fourth-order valence-electron chi connectivity index (χ4n) is 3.02. The molecule has 4 N–H and O–H groups in total. The van der Waals surface area contributed by atoms with Gasteiger partial charge in [0.05, 0.1) is 0 Å². The van der Waals surface area contributed by atoms with Gasteiger partial charge < -0.3 is 30.3 Å². The molecule has 10 heteroatoms. The lowest BCUT2D eigenvalue weighted by molar-refractivity contribution is -0.151. The molecule has 3 heterocycles. The van der Waals surface area contributed by atoms with Crippen LogP contribution in [0.5, 0.6) is 0 Å². The Balaban J connectivity index is 0.00000144. The summed E-state index contributed by atoms with van der Waals surface area (Å²) in [6.07, 6.45) is -0.273. The third-order valence-corrected chi connectivity index (χ3v) is 5.41. The van der Waals surface area contributed by atoms with Crippen molar-refractivity contribution < 1.29 is 19.7 Å². The summed E-state index contributed by atoms with van der Waals surface area (Å²) in [5, 5.41) is 28.0. The Morgan fingerprint density at radius 1 is 1.21 bits per heavy atom. The second-order valence-electron chi connectivity index (χ2n) is 5.89. The smallest absolute Gasteiger partial charge is 0.159 e. The second kappa shape index (κ2) is 10.4. The van der Waals surface area contributed by atoms with Crippen molar-refractivity contribution in [2.24, 2.45) is 4.99 Å². The van der Waals surface area contributed by atoms with E-state index in [-0.39, 0.29) is 30.3 Å². The SMILES string of the molecule is CCNC1=N[C@@H]2[C@@H](O)[C@H](O)[C@@H](CNC3CCOCC3)O[C@@H]2S1.Cl.Cl. The largest absolute Gasteiger partial charge is 0.388 e. The van der Waals surface area contributed by atoms with Gasteiger partial charge in [0.2, 0.25) is 0 Å². The number of fused-ring (bicyclic) bond motifs is 1. The highest BCUT2D eigenvalue weighted by atomic mass is 35.5. The molecular weight excluding hydrogens is 377 g/mol. The van der Waals surface area contributed by atoms with Crippen molar-refractivity contribution in [3.63, 3.8) is 0 Å². The molecule has 24 heavy (non-hydrogen) atoms. The molecule has 5 atom stereocenters. The summed E-state index contributed by atoms with van der Waals surface area (Å²) in [6.45, 7) is 4.85. The van der Waals surface area contributed by atoms with Gasteiger partial charge in [-0.3, -0.25) is 4.99 Å². The van der Waals surface area contributed by atoms with E-state index in [0.29, 0.717) is 12.6 Å². The summed E-state index contributed by atoms with van der Waals surface area (Å²) < 4.78 is 11.3. The summed E-state index contributed by atoms with van der Waals surface area (Å²) in [7, 11) is 0. The van der Waals surface area contributed by atoms with E-state index in [1.54, 1.807) is 0 Å². The van der Waals surface area contributed by atoms with Crippen molar-refractivity contribution in [1.82, 2.24) is 10.6 Å². The number of aliphatic hydroxyl groups is 2. The Kier molecular flexibility index (Phi) is 9.61. The number of ether oxygens (including phenoxy) is 2. The van der Waals surface area contributed by atoms with Crippen LogP contribution >= 0.6 is 36.6 Å². The molecule has 0 aromatic rings. The molecule has 0 aliphatic carbocycles. The van der Waals surface area contributed by atoms with Crippen LogP contribution in [0.25, 0.3) is 0 Å². The van der Waals surface area contributed by atoms with E-state index in [9.17, 15) is 10.2 Å². The van der Waals surface area contributed by atoms with E-state index in [2.05, 4.69) is 15.6 Å². The van der Waals surface area contributed by atoms with E-state index in [4.69, 9.17) is 9.47 Å². The Hall–Kier alpha value is 0.200. The van der Waals surface area contributed by atoms with Crippen LogP contribution in [0.15, 0.2) is 4.99 Å². The van der Waals surface area contributed by atoms with Gasteiger partial charge in [0, 0.05) is 32.3 Å². The molecule has 3 rings (SSSR count). The van der Waals surface area contributed by atoms with Gasteiger partial charge in [0.25, 0.3) is 0 Å². The molecular formula is C14H27Cl2N3O4S. The van der Waals surface area contributed by atoms with Crippen LogP contribution < -0.4 is 10.6 Å².